The Morgan fingerprint density at radius 1 is 0.782 bits per heavy atom. The zero-order chi connectivity index (χ0) is 39.9. The average Bonchev–Trinajstić information content (AvgIpc) is 3.12. The van der Waals surface area contributed by atoms with Crippen LogP contribution in [0.15, 0.2) is 103 Å². The molecule has 0 saturated carbocycles. The molecule has 5 rings (SSSR count). The van der Waals surface area contributed by atoms with Gasteiger partial charge in [0.1, 0.15) is 29.4 Å². The molecule has 1 fully saturated rings. The van der Waals surface area contributed by atoms with E-state index in [4.69, 9.17) is 18.9 Å². The first kappa shape index (κ1) is 40.2. The van der Waals surface area contributed by atoms with E-state index >= 15 is 0 Å². The maximum Gasteiger partial charge on any atom is 0.425 e. The van der Waals surface area contributed by atoms with Crippen molar-refractivity contribution >= 4 is 35.8 Å². The summed E-state index contributed by atoms with van der Waals surface area (Å²) in [7, 11) is 0. The van der Waals surface area contributed by atoms with Crippen LogP contribution >= 0.6 is 0 Å². The first-order valence-corrected chi connectivity index (χ1v) is 18.1. The van der Waals surface area contributed by atoms with Gasteiger partial charge in [0.2, 0.25) is 11.8 Å². The number of carbonyl (C=O) groups is 5. The van der Waals surface area contributed by atoms with Gasteiger partial charge in [-0.25, -0.2) is 24.3 Å². The number of pyridine rings is 1. The van der Waals surface area contributed by atoms with Crippen LogP contribution in [0.3, 0.4) is 0 Å². The second-order valence-corrected chi connectivity index (χ2v) is 15.3. The summed E-state index contributed by atoms with van der Waals surface area (Å²) in [6.07, 6.45) is -1.41. The van der Waals surface area contributed by atoms with Crippen molar-refractivity contribution in [3.05, 3.63) is 126 Å². The van der Waals surface area contributed by atoms with Gasteiger partial charge in [0.15, 0.2) is 6.23 Å². The van der Waals surface area contributed by atoms with Gasteiger partial charge in [-0.05, 0) is 107 Å². The van der Waals surface area contributed by atoms with Gasteiger partial charge < -0.3 is 18.9 Å². The third kappa shape index (κ3) is 10.8. The van der Waals surface area contributed by atoms with Gasteiger partial charge >= 0.3 is 18.2 Å². The van der Waals surface area contributed by atoms with Crippen LogP contribution in [0.25, 0.3) is 0 Å². The van der Waals surface area contributed by atoms with Crippen molar-refractivity contribution < 1.29 is 42.9 Å². The van der Waals surface area contributed by atoms with E-state index in [1.165, 1.54) is 12.3 Å². The van der Waals surface area contributed by atoms with Crippen LogP contribution in [0, 0.1) is 5.92 Å². The number of benzene rings is 3. The monoisotopic (exact) mass is 749 g/mol. The molecule has 0 spiro atoms. The molecule has 0 bridgehead atoms. The molecule has 0 radical (unpaired) electrons. The molecule has 2 heterocycles. The predicted molar refractivity (Wildman–Crippen MR) is 204 cm³/mol. The molecule has 12 nitrogen and oxygen atoms in total. The second-order valence-electron chi connectivity index (χ2n) is 15.3. The van der Waals surface area contributed by atoms with Gasteiger partial charge in [0.05, 0.1) is 11.5 Å². The van der Waals surface area contributed by atoms with Crippen molar-refractivity contribution in [3.8, 4) is 5.75 Å². The molecular weight excluding hydrogens is 702 g/mol. The molecule has 0 unspecified atom stereocenters. The van der Waals surface area contributed by atoms with E-state index in [1.54, 1.807) is 71.9 Å². The maximum atomic E-state index is 13.8. The molecule has 1 aromatic heterocycles. The van der Waals surface area contributed by atoms with E-state index < -0.39 is 53.3 Å². The summed E-state index contributed by atoms with van der Waals surface area (Å²) in [5, 5.41) is 0. The number of esters is 1. The summed E-state index contributed by atoms with van der Waals surface area (Å²) in [5.74, 6) is -2.09. The summed E-state index contributed by atoms with van der Waals surface area (Å²) >= 11 is 0. The number of aromatic nitrogens is 1. The van der Waals surface area contributed by atoms with Crippen LogP contribution in [0.4, 0.5) is 15.4 Å². The smallest absolute Gasteiger partial charge is 0.425 e. The topological polar surface area (TPSA) is 142 Å². The summed E-state index contributed by atoms with van der Waals surface area (Å²) in [5.41, 5.74) is 0.801. The number of rotatable bonds is 11. The average molecular weight is 750 g/mol. The Hall–Kier alpha value is -6.04. The number of ether oxygens (including phenoxy) is 4. The standard InChI is InChI=1S/C43H47N3O9/c1-28(31-16-12-9-13-17-31)24-36(47)46-37(48)34(38(46)53-33-20-18-32(19-21-33)39(49)52-27-29-14-10-8-11-15-29)25-30-22-23-44-35(26-30)45(40(50)54-42(2,3)4)41(51)55-43(5,6)7/h8-23,26,28,34,38H,24-25,27H2,1-7H3/t28-,34-,38+/m0/s1. The molecular formula is C43H47N3O9. The lowest BCUT2D eigenvalue weighted by atomic mass is 9.87. The molecule has 0 N–H and O–H groups in total. The minimum Gasteiger partial charge on any atom is -0.469 e. The van der Waals surface area contributed by atoms with E-state index in [9.17, 15) is 24.0 Å². The van der Waals surface area contributed by atoms with Gasteiger partial charge in [-0.15, -0.1) is 0 Å². The number of hydrogen-bond donors (Lipinski definition) is 0. The van der Waals surface area contributed by atoms with Gasteiger partial charge in [0, 0.05) is 12.6 Å². The fraction of sp³-hybridized carbons (Fsp3) is 0.349. The van der Waals surface area contributed by atoms with Crippen molar-refractivity contribution in [2.75, 3.05) is 4.90 Å². The molecule has 1 saturated heterocycles. The number of hydrogen-bond acceptors (Lipinski definition) is 10. The molecule has 4 amide bonds. The van der Waals surface area contributed by atoms with Crippen LogP contribution in [0.1, 0.15) is 87.9 Å². The van der Waals surface area contributed by atoms with Gasteiger partial charge in [-0.1, -0.05) is 67.6 Å². The highest BCUT2D eigenvalue weighted by molar-refractivity contribution is 6.09. The van der Waals surface area contributed by atoms with Crippen molar-refractivity contribution in [1.82, 2.24) is 9.88 Å². The molecule has 0 aliphatic carbocycles. The Morgan fingerprint density at radius 2 is 1.36 bits per heavy atom. The van der Waals surface area contributed by atoms with E-state index in [1.807, 2.05) is 67.6 Å². The Bertz CT molecular complexity index is 1960. The number of carbonyl (C=O) groups excluding carboxylic acids is 5. The Balaban J connectivity index is 1.38. The predicted octanol–water partition coefficient (Wildman–Crippen LogP) is 8.24. The fourth-order valence-electron chi connectivity index (χ4n) is 5.83. The molecule has 288 valence electrons. The molecule has 4 aromatic rings. The first-order valence-electron chi connectivity index (χ1n) is 18.1. The highest BCUT2D eigenvalue weighted by Gasteiger charge is 2.52. The minimum atomic E-state index is -0.997. The van der Waals surface area contributed by atoms with Crippen LogP contribution in [-0.2, 0) is 36.8 Å². The van der Waals surface area contributed by atoms with Crippen LogP contribution in [0.5, 0.6) is 5.75 Å². The second kappa shape index (κ2) is 17.0. The van der Waals surface area contributed by atoms with Crippen LogP contribution < -0.4 is 9.64 Å². The Kier molecular flexibility index (Phi) is 12.4. The highest BCUT2D eigenvalue weighted by Crippen LogP contribution is 2.35. The highest BCUT2D eigenvalue weighted by atomic mass is 16.6. The quantitative estimate of drug-likeness (QED) is 0.0836. The van der Waals surface area contributed by atoms with Crippen molar-refractivity contribution in [2.45, 2.75) is 91.3 Å². The molecule has 1 aliphatic heterocycles. The lowest BCUT2D eigenvalue weighted by Gasteiger charge is -2.45. The lowest BCUT2D eigenvalue weighted by molar-refractivity contribution is -0.183. The SMILES string of the molecule is C[C@@H](CC(=O)N1C(=O)[C@H](Cc2ccnc(N(C(=O)OC(C)(C)C)C(=O)OC(C)(C)C)c2)[C@H]1Oc1ccc(C(=O)OCc2ccccc2)cc1)c1ccccc1. The summed E-state index contributed by atoms with van der Waals surface area (Å²) in [4.78, 5) is 72.9. The summed E-state index contributed by atoms with van der Waals surface area (Å²) in [6, 6.07) is 28.3. The third-order valence-corrected chi connectivity index (χ3v) is 8.48. The summed E-state index contributed by atoms with van der Waals surface area (Å²) in [6.45, 7) is 12.1. The molecule has 3 atom stereocenters. The normalized spacial score (nSPS) is 16.0. The van der Waals surface area contributed by atoms with E-state index in [0.29, 0.717) is 21.8 Å². The van der Waals surface area contributed by atoms with Gasteiger partial charge in [-0.2, -0.15) is 4.90 Å². The Labute approximate surface area is 321 Å². The third-order valence-electron chi connectivity index (χ3n) is 8.48. The number of imide groups is 2. The number of anilines is 1. The number of amides is 4. The van der Waals surface area contributed by atoms with Crippen molar-refractivity contribution in [2.24, 2.45) is 5.92 Å². The van der Waals surface area contributed by atoms with Crippen LogP contribution in [-0.4, -0.2) is 57.3 Å². The summed E-state index contributed by atoms with van der Waals surface area (Å²) < 4.78 is 22.8. The van der Waals surface area contributed by atoms with Gasteiger partial charge in [-0.3, -0.25) is 9.59 Å². The molecule has 1 aliphatic rings. The van der Waals surface area contributed by atoms with Crippen LogP contribution in [0.2, 0.25) is 0 Å². The largest absolute Gasteiger partial charge is 0.469 e. The zero-order valence-electron chi connectivity index (χ0n) is 32.2. The Morgan fingerprint density at radius 3 is 1.95 bits per heavy atom. The van der Waals surface area contributed by atoms with Crippen molar-refractivity contribution in [3.63, 3.8) is 0 Å². The number of β-lactam (4-membered cyclic amide) rings is 1. The first-order chi connectivity index (χ1) is 26.0. The van der Waals surface area contributed by atoms with Crippen molar-refractivity contribution in [1.29, 1.82) is 0 Å². The number of likely N-dealkylation sites (tertiary alicyclic amines) is 1. The minimum absolute atomic E-state index is 0.0642. The molecule has 55 heavy (non-hydrogen) atoms. The van der Waals surface area contributed by atoms with Gasteiger partial charge in [0.25, 0.3) is 0 Å². The molecule has 3 aromatic carbocycles. The lowest BCUT2D eigenvalue weighted by Crippen LogP contribution is -2.66. The molecule has 12 heteroatoms. The fourth-order valence-corrected chi connectivity index (χ4v) is 5.83. The zero-order valence-corrected chi connectivity index (χ0v) is 32.2. The maximum absolute atomic E-state index is 13.8. The van der Waals surface area contributed by atoms with E-state index in [2.05, 4.69) is 4.98 Å². The van der Waals surface area contributed by atoms with E-state index in [-0.39, 0.29) is 31.2 Å². The number of nitrogens with zero attached hydrogens (tertiary/aromatic N) is 3. The van der Waals surface area contributed by atoms with E-state index in [0.717, 1.165) is 16.0 Å².